The number of carbonyl (C=O) groups is 3. The van der Waals surface area contributed by atoms with E-state index in [-0.39, 0.29) is 31.1 Å². The molecule has 6 heteroatoms. The van der Waals surface area contributed by atoms with Crippen molar-refractivity contribution in [1.82, 2.24) is 0 Å². The van der Waals surface area contributed by atoms with Crippen molar-refractivity contribution >= 4 is 17.9 Å². The van der Waals surface area contributed by atoms with Gasteiger partial charge < -0.3 is 14.2 Å². The highest BCUT2D eigenvalue weighted by Crippen LogP contribution is 2.15. The van der Waals surface area contributed by atoms with Gasteiger partial charge in [0.15, 0.2) is 6.10 Å². The number of rotatable bonds is 42. The molecule has 0 saturated carbocycles. The van der Waals surface area contributed by atoms with Crippen LogP contribution in [-0.2, 0) is 28.6 Å². The molecule has 0 saturated heterocycles. The summed E-state index contributed by atoms with van der Waals surface area (Å²) in [5.41, 5.74) is 0. The molecular weight excluding hydrogens is 685 g/mol. The number of hydrogen-bond donors (Lipinski definition) is 0. The number of unbranched alkanes of at least 4 members (excludes halogenated alkanes) is 25. The van der Waals surface area contributed by atoms with E-state index in [0.717, 1.165) is 89.9 Å². The molecule has 0 spiro atoms. The molecule has 0 fully saturated rings. The number of ether oxygens (including phenoxy) is 3. The van der Waals surface area contributed by atoms with Crippen LogP contribution < -0.4 is 0 Å². The third-order valence-electron chi connectivity index (χ3n) is 10.2. The molecule has 0 rings (SSSR count). The first-order chi connectivity index (χ1) is 27.0. The second-order valence-electron chi connectivity index (χ2n) is 15.6. The molecule has 320 valence electrons. The van der Waals surface area contributed by atoms with Crippen molar-refractivity contribution in [2.24, 2.45) is 0 Å². The van der Waals surface area contributed by atoms with Crippen LogP contribution in [0.25, 0.3) is 0 Å². The lowest BCUT2D eigenvalue weighted by Gasteiger charge is -2.18. The lowest BCUT2D eigenvalue weighted by Crippen LogP contribution is -2.30. The van der Waals surface area contributed by atoms with Gasteiger partial charge in [-0.2, -0.15) is 0 Å². The Kier molecular flexibility index (Phi) is 42.4. The molecule has 0 aromatic carbocycles. The van der Waals surface area contributed by atoms with Crippen molar-refractivity contribution in [3.05, 3.63) is 36.5 Å². The van der Waals surface area contributed by atoms with E-state index in [2.05, 4.69) is 57.2 Å². The fourth-order valence-electron chi connectivity index (χ4n) is 6.63. The molecule has 0 aliphatic rings. The van der Waals surface area contributed by atoms with Gasteiger partial charge in [-0.05, 0) is 51.4 Å². The highest BCUT2D eigenvalue weighted by Gasteiger charge is 2.19. The standard InChI is InChI=1S/C49H88O6/c1-4-7-10-13-16-19-21-23-25-27-30-33-36-39-42-48(51)54-45-46(44-53-47(50)41-38-35-32-29-18-15-12-9-6-3)55-49(52)43-40-37-34-31-28-26-24-22-20-17-14-11-8-5-2/h7,10,16,19,23,25,46H,4-6,8-9,11-15,17-18,20-22,24,26-45H2,1-3H3/b10-7-,19-16-,25-23-. The molecule has 1 unspecified atom stereocenters. The molecular formula is C49H88O6. The van der Waals surface area contributed by atoms with E-state index < -0.39 is 6.10 Å². The van der Waals surface area contributed by atoms with Gasteiger partial charge in [-0.3, -0.25) is 14.4 Å². The third kappa shape index (κ3) is 42.6. The van der Waals surface area contributed by atoms with Crippen LogP contribution in [0.5, 0.6) is 0 Å². The molecule has 0 amide bonds. The average Bonchev–Trinajstić information content (AvgIpc) is 3.18. The quantitative estimate of drug-likeness (QED) is 0.0266. The van der Waals surface area contributed by atoms with E-state index in [1.165, 1.54) is 109 Å². The van der Waals surface area contributed by atoms with Gasteiger partial charge in [-0.15, -0.1) is 0 Å². The molecule has 0 aromatic heterocycles. The van der Waals surface area contributed by atoms with E-state index in [9.17, 15) is 14.4 Å². The normalized spacial score (nSPS) is 12.3. The average molecular weight is 773 g/mol. The third-order valence-corrected chi connectivity index (χ3v) is 10.2. The summed E-state index contributed by atoms with van der Waals surface area (Å²) in [5.74, 6) is -0.896. The SMILES string of the molecule is CC/C=C\C/C=C\C/C=C\CCCCCCC(=O)OCC(COC(=O)CCCCCCCCCCC)OC(=O)CCCCCCCCCCCCCCCC. The van der Waals surface area contributed by atoms with Gasteiger partial charge in [0.05, 0.1) is 0 Å². The molecule has 0 N–H and O–H groups in total. The summed E-state index contributed by atoms with van der Waals surface area (Å²) >= 11 is 0. The summed E-state index contributed by atoms with van der Waals surface area (Å²) < 4.78 is 16.7. The Morgan fingerprint density at radius 2 is 0.709 bits per heavy atom. The minimum atomic E-state index is -0.774. The lowest BCUT2D eigenvalue weighted by atomic mass is 10.0. The highest BCUT2D eigenvalue weighted by atomic mass is 16.6. The summed E-state index contributed by atoms with van der Waals surface area (Å²) in [5, 5.41) is 0. The topological polar surface area (TPSA) is 78.9 Å². The smallest absolute Gasteiger partial charge is 0.306 e. The first kappa shape index (κ1) is 52.6. The zero-order valence-electron chi connectivity index (χ0n) is 36.4. The van der Waals surface area contributed by atoms with Crippen LogP contribution in [0.15, 0.2) is 36.5 Å². The molecule has 0 aliphatic carbocycles. The first-order valence-electron chi connectivity index (χ1n) is 23.5. The Bertz CT molecular complexity index is 938. The van der Waals surface area contributed by atoms with Crippen LogP contribution >= 0.6 is 0 Å². The number of esters is 3. The fraction of sp³-hybridized carbons (Fsp3) is 0.816. The van der Waals surface area contributed by atoms with E-state index >= 15 is 0 Å². The van der Waals surface area contributed by atoms with Crippen molar-refractivity contribution in [2.75, 3.05) is 13.2 Å². The Labute approximate surface area is 340 Å². The fourth-order valence-corrected chi connectivity index (χ4v) is 6.63. The van der Waals surface area contributed by atoms with Crippen LogP contribution in [0.4, 0.5) is 0 Å². The van der Waals surface area contributed by atoms with Crippen molar-refractivity contribution in [3.63, 3.8) is 0 Å². The summed E-state index contributed by atoms with van der Waals surface area (Å²) in [4.78, 5) is 37.7. The van der Waals surface area contributed by atoms with Gasteiger partial charge in [0.1, 0.15) is 13.2 Å². The van der Waals surface area contributed by atoms with Crippen LogP contribution in [0.2, 0.25) is 0 Å². The van der Waals surface area contributed by atoms with Crippen LogP contribution in [0.1, 0.15) is 239 Å². The molecule has 0 aliphatic heterocycles. The van der Waals surface area contributed by atoms with E-state index in [0.29, 0.717) is 19.3 Å². The summed E-state index contributed by atoms with van der Waals surface area (Å²) in [6, 6.07) is 0. The molecule has 55 heavy (non-hydrogen) atoms. The van der Waals surface area contributed by atoms with Crippen molar-refractivity contribution < 1.29 is 28.6 Å². The van der Waals surface area contributed by atoms with Crippen molar-refractivity contribution in [2.45, 2.75) is 245 Å². The van der Waals surface area contributed by atoms with E-state index in [1.54, 1.807) is 0 Å². The molecule has 0 heterocycles. The second kappa shape index (κ2) is 44.3. The van der Waals surface area contributed by atoms with Gasteiger partial charge in [0.25, 0.3) is 0 Å². The monoisotopic (exact) mass is 773 g/mol. The maximum Gasteiger partial charge on any atom is 0.306 e. The minimum absolute atomic E-state index is 0.0762. The Morgan fingerprint density at radius 1 is 0.382 bits per heavy atom. The molecule has 1 atom stereocenters. The van der Waals surface area contributed by atoms with Gasteiger partial charge in [-0.25, -0.2) is 0 Å². The highest BCUT2D eigenvalue weighted by molar-refractivity contribution is 5.71. The van der Waals surface area contributed by atoms with Crippen LogP contribution in [0, 0.1) is 0 Å². The zero-order valence-corrected chi connectivity index (χ0v) is 36.4. The predicted molar refractivity (Wildman–Crippen MR) is 233 cm³/mol. The Hall–Kier alpha value is -2.37. The van der Waals surface area contributed by atoms with E-state index in [1.807, 2.05) is 0 Å². The summed E-state index contributed by atoms with van der Waals surface area (Å²) in [7, 11) is 0. The maximum atomic E-state index is 12.7. The van der Waals surface area contributed by atoms with Gasteiger partial charge in [0, 0.05) is 19.3 Å². The van der Waals surface area contributed by atoms with Crippen LogP contribution in [0.3, 0.4) is 0 Å². The van der Waals surface area contributed by atoms with E-state index in [4.69, 9.17) is 14.2 Å². The zero-order chi connectivity index (χ0) is 40.1. The molecule has 0 radical (unpaired) electrons. The lowest BCUT2D eigenvalue weighted by molar-refractivity contribution is -0.167. The second-order valence-corrected chi connectivity index (χ2v) is 15.6. The van der Waals surface area contributed by atoms with Gasteiger partial charge in [0.2, 0.25) is 0 Å². The Morgan fingerprint density at radius 3 is 1.11 bits per heavy atom. The predicted octanol–water partition coefficient (Wildman–Crippen LogP) is 15.0. The van der Waals surface area contributed by atoms with Crippen molar-refractivity contribution in [3.8, 4) is 0 Å². The molecule has 0 bridgehead atoms. The summed E-state index contributed by atoms with van der Waals surface area (Å²) in [6.45, 7) is 6.49. The molecule has 0 aromatic rings. The Balaban J connectivity index is 4.36. The van der Waals surface area contributed by atoms with Gasteiger partial charge in [-0.1, -0.05) is 205 Å². The first-order valence-corrected chi connectivity index (χ1v) is 23.5. The number of hydrogen-bond acceptors (Lipinski definition) is 6. The minimum Gasteiger partial charge on any atom is -0.462 e. The molecule has 6 nitrogen and oxygen atoms in total. The number of carbonyl (C=O) groups excluding carboxylic acids is 3. The van der Waals surface area contributed by atoms with Crippen LogP contribution in [-0.4, -0.2) is 37.2 Å². The van der Waals surface area contributed by atoms with Crippen molar-refractivity contribution in [1.29, 1.82) is 0 Å². The summed E-state index contributed by atoms with van der Waals surface area (Å²) in [6.07, 6.45) is 49.8. The largest absolute Gasteiger partial charge is 0.462 e. The number of allylic oxidation sites excluding steroid dienone is 6. The maximum absolute atomic E-state index is 12.7. The van der Waals surface area contributed by atoms with Gasteiger partial charge >= 0.3 is 17.9 Å².